The molecule has 1 aliphatic rings. The van der Waals surface area contributed by atoms with Gasteiger partial charge in [-0.3, -0.25) is 4.79 Å². The van der Waals surface area contributed by atoms with Crippen molar-refractivity contribution in [3.05, 3.63) is 0 Å². The molecule has 4 heteroatoms. The van der Waals surface area contributed by atoms with E-state index in [2.05, 4.69) is 26.1 Å². The van der Waals surface area contributed by atoms with Gasteiger partial charge in [-0.05, 0) is 25.3 Å². The van der Waals surface area contributed by atoms with Crippen molar-refractivity contribution in [2.75, 3.05) is 12.3 Å². The molecule has 1 unspecified atom stereocenters. The smallest absolute Gasteiger partial charge is 0.325 e. The van der Waals surface area contributed by atoms with Crippen LogP contribution in [0, 0.1) is 5.92 Å². The fraction of sp³-hybridized carbons (Fsp3) is 0.917. The van der Waals surface area contributed by atoms with E-state index in [1.54, 1.807) is 11.8 Å². The Hall–Kier alpha value is -0.220. The Balaban J connectivity index is 2.72. The molecule has 0 aromatic carbocycles. The maximum absolute atomic E-state index is 11.5. The van der Waals surface area contributed by atoms with Crippen LogP contribution >= 0.6 is 11.8 Å². The topological polar surface area (TPSA) is 49.3 Å². The highest BCUT2D eigenvalue weighted by molar-refractivity contribution is 8.00. The second-order valence-electron chi connectivity index (χ2n) is 5.48. The second kappa shape index (κ2) is 4.96. The zero-order chi connectivity index (χ0) is 12.4. The fourth-order valence-electron chi connectivity index (χ4n) is 1.85. The molecule has 16 heavy (non-hydrogen) atoms. The standard InChI is InChI=1S/C12H23NO2S/c1-5-13-12(10(14)15,9-6-7-9)8-16-11(2,3)4/h9,13H,5-8H2,1-4H3,(H,14,15). The summed E-state index contributed by atoms with van der Waals surface area (Å²) in [6, 6.07) is 0. The van der Waals surface area contributed by atoms with Gasteiger partial charge in [0.25, 0.3) is 0 Å². The highest BCUT2D eigenvalue weighted by Gasteiger charge is 2.51. The van der Waals surface area contributed by atoms with Crippen molar-refractivity contribution >= 4 is 17.7 Å². The molecule has 1 rings (SSSR count). The van der Waals surface area contributed by atoms with Gasteiger partial charge in [0.1, 0.15) is 5.54 Å². The number of carboxylic acid groups (broad SMARTS) is 1. The molecule has 0 bridgehead atoms. The Morgan fingerprint density at radius 2 is 2.00 bits per heavy atom. The Bertz CT molecular complexity index is 258. The monoisotopic (exact) mass is 245 g/mol. The lowest BCUT2D eigenvalue weighted by molar-refractivity contribution is -0.144. The highest BCUT2D eigenvalue weighted by Crippen LogP contribution is 2.43. The average Bonchev–Trinajstić information content (AvgIpc) is 2.93. The van der Waals surface area contributed by atoms with Crippen molar-refractivity contribution in [1.82, 2.24) is 5.32 Å². The van der Waals surface area contributed by atoms with E-state index < -0.39 is 11.5 Å². The number of aliphatic carboxylic acids is 1. The summed E-state index contributed by atoms with van der Waals surface area (Å²) in [7, 11) is 0. The summed E-state index contributed by atoms with van der Waals surface area (Å²) in [5, 5.41) is 12.7. The van der Waals surface area contributed by atoms with Crippen molar-refractivity contribution in [3.8, 4) is 0 Å². The maximum Gasteiger partial charge on any atom is 0.325 e. The summed E-state index contributed by atoms with van der Waals surface area (Å²) in [4.78, 5) is 11.5. The van der Waals surface area contributed by atoms with E-state index in [1.807, 2.05) is 6.92 Å². The minimum atomic E-state index is -0.702. The molecule has 0 aliphatic heterocycles. The zero-order valence-corrected chi connectivity index (χ0v) is 11.5. The quantitative estimate of drug-likeness (QED) is 0.754. The average molecular weight is 245 g/mol. The number of rotatable bonds is 6. The fourth-order valence-corrected chi connectivity index (χ4v) is 2.97. The van der Waals surface area contributed by atoms with Gasteiger partial charge < -0.3 is 10.4 Å². The first kappa shape index (κ1) is 13.8. The molecule has 2 N–H and O–H groups in total. The molecule has 0 radical (unpaired) electrons. The van der Waals surface area contributed by atoms with Gasteiger partial charge in [0, 0.05) is 10.5 Å². The molecule has 1 fully saturated rings. The van der Waals surface area contributed by atoms with Crippen molar-refractivity contribution in [1.29, 1.82) is 0 Å². The first-order valence-electron chi connectivity index (χ1n) is 5.94. The normalized spacial score (nSPS) is 20.5. The molecule has 3 nitrogen and oxygen atoms in total. The first-order valence-corrected chi connectivity index (χ1v) is 6.93. The Kier molecular flexibility index (Phi) is 4.29. The number of carboxylic acids is 1. The van der Waals surface area contributed by atoms with Crippen molar-refractivity contribution in [3.63, 3.8) is 0 Å². The van der Waals surface area contributed by atoms with Gasteiger partial charge in [-0.25, -0.2) is 0 Å². The van der Waals surface area contributed by atoms with Crippen LogP contribution in [-0.2, 0) is 4.79 Å². The molecule has 0 saturated heterocycles. The van der Waals surface area contributed by atoms with Gasteiger partial charge in [0.15, 0.2) is 0 Å². The molecular formula is C12H23NO2S. The molecule has 1 atom stereocenters. The summed E-state index contributed by atoms with van der Waals surface area (Å²) >= 11 is 1.73. The molecule has 1 aliphatic carbocycles. The zero-order valence-electron chi connectivity index (χ0n) is 10.7. The summed E-state index contributed by atoms with van der Waals surface area (Å²) in [6.45, 7) is 9.07. The van der Waals surface area contributed by atoms with Crippen LogP contribution in [0.15, 0.2) is 0 Å². The van der Waals surface area contributed by atoms with E-state index in [1.165, 1.54) is 0 Å². The molecule has 0 spiro atoms. The third-order valence-electron chi connectivity index (χ3n) is 2.88. The van der Waals surface area contributed by atoms with Crippen LogP contribution in [0.25, 0.3) is 0 Å². The molecule has 1 saturated carbocycles. The largest absolute Gasteiger partial charge is 0.480 e. The third kappa shape index (κ3) is 3.39. The van der Waals surface area contributed by atoms with Gasteiger partial charge in [-0.15, -0.1) is 0 Å². The highest BCUT2D eigenvalue weighted by atomic mass is 32.2. The van der Waals surface area contributed by atoms with E-state index >= 15 is 0 Å². The van der Waals surface area contributed by atoms with Crippen LogP contribution in [0.2, 0.25) is 0 Å². The predicted octanol–water partition coefficient (Wildman–Crippen LogP) is 2.36. The van der Waals surface area contributed by atoms with Crippen LogP contribution in [0.5, 0.6) is 0 Å². The lowest BCUT2D eigenvalue weighted by atomic mass is 9.96. The lowest BCUT2D eigenvalue weighted by Gasteiger charge is -2.32. The summed E-state index contributed by atoms with van der Waals surface area (Å²) in [5.41, 5.74) is -0.702. The molecule has 0 amide bonds. The number of nitrogens with one attached hydrogen (secondary N) is 1. The van der Waals surface area contributed by atoms with Gasteiger partial charge in [-0.2, -0.15) is 11.8 Å². The first-order chi connectivity index (χ1) is 7.32. The van der Waals surface area contributed by atoms with Crippen LogP contribution < -0.4 is 5.32 Å². The van der Waals surface area contributed by atoms with Crippen molar-refractivity contribution < 1.29 is 9.90 Å². The summed E-state index contributed by atoms with van der Waals surface area (Å²) < 4.78 is 0.116. The third-order valence-corrected chi connectivity index (χ3v) is 4.35. The molecule has 0 heterocycles. The molecular weight excluding hydrogens is 222 g/mol. The Morgan fingerprint density at radius 1 is 1.44 bits per heavy atom. The summed E-state index contributed by atoms with van der Waals surface area (Å²) in [6.07, 6.45) is 2.09. The van der Waals surface area contributed by atoms with E-state index in [-0.39, 0.29) is 4.75 Å². The van der Waals surface area contributed by atoms with Crippen LogP contribution in [0.3, 0.4) is 0 Å². The number of carbonyl (C=O) groups is 1. The SMILES string of the molecule is CCNC(CSC(C)(C)C)(C(=O)O)C1CC1. The maximum atomic E-state index is 11.5. The van der Waals surface area contributed by atoms with Gasteiger partial charge in [-0.1, -0.05) is 27.7 Å². The number of hydrogen-bond acceptors (Lipinski definition) is 3. The van der Waals surface area contributed by atoms with Gasteiger partial charge in [0.2, 0.25) is 0 Å². The number of likely N-dealkylation sites (N-methyl/N-ethyl adjacent to an activating group) is 1. The van der Waals surface area contributed by atoms with Crippen LogP contribution in [0.1, 0.15) is 40.5 Å². The van der Waals surface area contributed by atoms with E-state index in [9.17, 15) is 9.90 Å². The van der Waals surface area contributed by atoms with Gasteiger partial charge >= 0.3 is 5.97 Å². The summed E-state index contributed by atoms with van der Waals surface area (Å²) in [5.74, 6) is 0.290. The minimum absolute atomic E-state index is 0.116. The van der Waals surface area contributed by atoms with Crippen LogP contribution in [0.4, 0.5) is 0 Å². The van der Waals surface area contributed by atoms with Gasteiger partial charge in [0.05, 0.1) is 0 Å². The van der Waals surface area contributed by atoms with Crippen molar-refractivity contribution in [2.45, 2.75) is 50.8 Å². The van der Waals surface area contributed by atoms with E-state index in [4.69, 9.17) is 0 Å². The van der Waals surface area contributed by atoms with E-state index in [0.29, 0.717) is 18.2 Å². The Labute approximate surface area is 102 Å². The second-order valence-corrected chi connectivity index (χ2v) is 7.28. The molecule has 94 valence electrons. The predicted molar refractivity (Wildman–Crippen MR) is 69.0 cm³/mol. The lowest BCUT2D eigenvalue weighted by Crippen LogP contribution is -2.56. The number of hydrogen-bond donors (Lipinski definition) is 2. The minimum Gasteiger partial charge on any atom is -0.480 e. The number of thioether (sulfide) groups is 1. The van der Waals surface area contributed by atoms with E-state index in [0.717, 1.165) is 12.8 Å². The molecule has 0 aromatic heterocycles. The molecule has 0 aromatic rings. The van der Waals surface area contributed by atoms with Crippen LogP contribution in [-0.4, -0.2) is 33.7 Å². The van der Waals surface area contributed by atoms with Crippen molar-refractivity contribution in [2.24, 2.45) is 5.92 Å². The Morgan fingerprint density at radius 3 is 2.31 bits per heavy atom.